The zero-order valence-corrected chi connectivity index (χ0v) is 12.9. The van der Waals surface area contributed by atoms with Crippen LogP contribution in [0, 0.1) is 0 Å². The molecule has 2 aliphatic heterocycles. The molecule has 1 spiro atoms. The molecule has 1 aliphatic carbocycles. The maximum atomic E-state index is 5.58. The molecule has 4 nitrogen and oxygen atoms in total. The van der Waals surface area contributed by atoms with E-state index in [9.17, 15) is 0 Å². The highest BCUT2D eigenvalue weighted by Crippen LogP contribution is 2.49. The SMILES string of the molecule is CC12CCCC13NC(=S)N(c1ccccc1)N3C(=S)N2. The third-order valence-corrected chi connectivity index (χ3v) is 5.32. The first-order valence-electron chi connectivity index (χ1n) is 6.87. The summed E-state index contributed by atoms with van der Waals surface area (Å²) in [5.74, 6) is 0. The van der Waals surface area contributed by atoms with Crippen molar-refractivity contribution < 1.29 is 0 Å². The third kappa shape index (κ3) is 1.31. The standard InChI is InChI=1S/C14H16N4S2/c1-13-8-5-9-14(13)16-11(19)17(18(14)12(20)15-13)10-6-3-2-4-7-10/h2-4,6-7H,5,8-9H2,1H3,(H,15,20)(H,16,19). The average Bonchev–Trinajstić information content (AvgIpc) is 2.95. The summed E-state index contributed by atoms with van der Waals surface area (Å²) >= 11 is 11.2. The Morgan fingerprint density at radius 2 is 1.80 bits per heavy atom. The second kappa shape index (κ2) is 3.83. The summed E-state index contributed by atoms with van der Waals surface area (Å²) in [6, 6.07) is 10.2. The largest absolute Gasteiger partial charge is 0.352 e. The van der Waals surface area contributed by atoms with Crippen molar-refractivity contribution in [3.63, 3.8) is 0 Å². The van der Waals surface area contributed by atoms with Crippen LogP contribution in [0.15, 0.2) is 30.3 Å². The van der Waals surface area contributed by atoms with Gasteiger partial charge >= 0.3 is 0 Å². The summed E-state index contributed by atoms with van der Waals surface area (Å²) in [4.78, 5) is 0. The highest BCUT2D eigenvalue weighted by atomic mass is 32.1. The summed E-state index contributed by atoms with van der Waals surface area (Å²) in [7, 11) is 0. The molecule has 1 saturated carbocycles. The maximum absolute atomic E-state index is 5.58. The predicted octanol–water partition coefficient (Wildman–Crippen LogP) is 2.13. The van der Waals surface area contributed by atoms with E-state index in [0.717, 1.165) is 28.8 Å². The van der Waals surface area contributed by atoms with Crippen molar-refractivity contribution in [3.05, 3.63) is 30.3 Å². The van der Waals surface area contributed by atoms with Crippen molar-refractivity contribution in [3.8, 4) is 0 Å². The normalized spacial score (nSPS) is 34.9. The van der Waals surface area contributed by atoms with Gasteiger partial charge in [0.05, 0.1) is 11.2 Å². The average molecular weight is 304 g/mol. The number of anilines is 1. The van der Waals surface area contributed by atoms with Gasteiger partial charge in [-0.25, -0.2) is 10.0 Å². The Bertz CT molecular complexity index is 604. The summed E-state index contributed by atoms with van der Waals surface area (Å²) in [5.41, 5.74) is 0.775. The number of nitrogens with one attached hydrogen (secondary N) is 2. The van der Waals surface area contributed by atoms with Crippen LogP contribution < -0.4 is 15.6 Å². The van der Waals surface area contributed by atoms with Gasteiger partial charge in [-0.1, -0.05) is 18.2 Å². The van der Waals surface area contributed by atoms with Gasteiger partial charge in [0, 0.05) is 0 Å². The van der Waals surface area contributed by atoms with Crippen LogP contribution >= 0.6 is 24.4 Å². The number of rotatable bonds is 1. The van der Waals surface area contributed by atoms with Crippen LogP contribution in [0.2, 0.25) is 0 Å². The topological polar surface area (TPSA) is 30.5 Å². The number of benzene rings is 1. The summed E-state index contributed by atoms with van der Waals surface area (Å²) in [6.07, 6.45) is 3.31. The molecule has 20 heavy (non-hydrogen) atoms. The van der Waals surface area contributed by atoms with E-state index in [1.807, 2.05) is 23.2 Å². The highest BCUT2D eigenvalue weighted by molar-refractivity contribution is 7.81. The molecule has 2 atom stereocenters. The zero-order valence-electron chi connectivity index (χ0n) is 11.2. The van der Waals surface area contributed by atoms with Crippen LogP contribution in [-0.2, 0) is 0 Å². The quantitative estimate of drug-likeness (QED) is 0.773. The molecular formula is C14H16N4S2. The number of hydrogen-bond donors (Lipinski definition) is 2. The molecule has 2 heterocycles. The highest BCUT2D eigenvalue weighted by Gasteiger charge is 2.67. The van der Waals surface area contributed by atoms with E-state index >= 15 is 0 Å². The lowest BCUT2D eigenvalue weighted by Gasteiger charge is -2.37. The van der Waals surface area contributed by atoms with Crippen molar-refractivity contribution in [1.82, 2.24) is 15.6 Å². The molecule has 6 heteroatoms. The Labute approximate surface area is 129 Å². The van der Waals surface area contributed by atoms with Crippen LogP contribution in [0.5, 0.6) is 0 Å². The van der Waals surface area contributed by atoms with Crippen molar-refractivity contribution in [2.45, 2.75) is 37.4 Å². The fourth-order valence-electron chi connectivity index (χ4n) is 3.79. The first kappa shape index (κ1) is 12.3. The Morgan fingerprint density at radius 1 is 1.05 bits per heavy atom. The first-order chi connectivity index (χ1) is 9.57. The minimum atomic E-state index is -0.211. The van der Waals surface area contributed by atoms with E-state index in [4.69, 9.17) is 24.4 Å². The number of para-hydroxylation sites is 1. The van der Waals surface area contributed by atoms with Gasteiger partial charge in [-0.15, -0.1) is 0 Å². The number of hydrogen-bond acceptors (Lipinski definition) is 2. The summed E-state index contributed by atoms with van der Waals surface area (Å²) in [5, 5.41) is 12.7. The lowest BCUT2D eigenvalue weighted by Crippen LogP contribution is -2.60. The second-order valence-electron chi connectivity index (χ2n) is 5.87. The van der Waals surface area contributed by atoms with E-state index in [1.54, 1.807) is 0 Å². The molecule has 1 aromatic carbocycles. The summed E-state index contributed by atoms with van der Waals surface area (Å²) < 4.78 is 0. The van der Waals surface area contributed by atoms with E-state index in [2.05, 4.69) is 34.7 Å². The monoisotopic (exact) mass is 304 g/mol. The third-order valence-electron chi connectivity index (χ3n) is 4.77. The molecule has 3 fully saturated rings. The van der Waals surface area contributed by atoms with Gasteiger partial charge in [0.15, 0.2) is 15.9 Å². The van der Waals surface area contributed by atoms with E-state index in [1.165, 1.54) is 6.42 Å². The molecule has 1 aromatic rings. The molecule has 0 radical (unpaired) electrons. The Morgan fingerprint density at radius 3 is 2.55 bits per heavy atom. The Kier molecular flexibility index (Phi) is 2.36. The van der Waals surface area contributed by atoms with Crippen LogP contribution in [0.4, 0.5) is 5.69 Å². The Balaban J connectivity index is 1.85. The molecule has 104 valence electrons. The van der Waals surface area contributed by atoms with Gasteiger partial charge in [-0.05, 0) is 62.8 Å². The molecule has 2 unspecified atom stereocenters. The molecule has 0 bridgehead atoms. The fraction of sp³-hybridized carbons (Fsp3) is 0.429. The van der Waals surface area contributed by atoms with E-state index < -0.39 is 0 Å². The van der Waals surface area contributed by atoms with Crippen molar-refractivity contribution in [1.29, 1.82) is 0 Å². The predicted molar refractivity (Wildman–Crippen MR) is 87.2 cm³/mol. The van der Waals surface area contributed by atoms with Gasteiger partial charge in [0.2, 0.25) is 0 Å². The van der Waals surface area contributed by atoms with Gasteiger partial charge in [0.1, 0.15) is 0 Å². The molecular weight excluding hydrogens is 288 g/mol. The number of hydrazine groups is 1. The van der Waals surface area contributed by atoms with E-state index in [-0.39, 0.29) is 11.2 Å². The Hall–Kier alpha value is -1.40. The molecule has 0 amide bonds. The molecule has 2 saturated heterocycles. The van der Waals surface area contributed by atoms with Crippen LogP contribution in [0.25, 0.3) is 0 Å². The van der Waals surface area contributed by atoms with Crippen molar-refractivity contribution >= 4 is 40.3 Å². The maximum Gasteiger partial charge on any atom is 0.194 e. The smallest absolute Gasteiger partial charge is 0.194 e. The van der Waals surface area contributed by atoms with Gasteiger partial charge in [-0.2, -0.15) is 0 Å². The first-order valence-corrected chi connectivity index (χ1v) is 7.69. The van der Waals surface area contributed by atoms with Crippen LogP contribution in [-0.4, -0.2) is 26.4 Å². The molecule has 3 aliphatic rings. The minimum Gasteiger partial charge on any atom is -0.352 e. The lowest BCUT2D eigenvalue weighted by molar-refractivity contribution is 0.154. The number of nitrogens with zero attached hydrogens (tertiary/aromatic N) is 2. The lowest BCUT2D eigenvalue weighted by atomic mass is 9.91. The summed E-state index contributed by atoms with van der Waals surface area (Å²) in [6.45, 7) is 2.23. The molecule has 4 rings (SSSR count). The minimum absolute atomic E-state index is 0.0579. The second-order valence-corrected chi connectivity index (χ2v) is 6.64. The van der Waals surface area contributed by atoms with Crippen molar-refractivity contribution in [2.24, 2.45) is 0 Å². The number of thiocarbonyl (C=S) groups is 2. The van der Waals surface area contributed by atoms with Gasteiger partial charge < -0.3 is 10.6 Å². The van der Waals surface area contributed by atoms with Gasteiger partial charge in [-0.3, -0.25) is 0 Å². The van der Waals surface area contributed by atoms with Crippen LogP contribution in [0.3, 0.4) is 0 Å². The molecule has 2 N–H and O–H groups in total. The zero-order chi connectivity index (χ0) is 14.0. The van der Waals surface area contributed by atoms with Crippen molar-refractivity contribution in [2.75, 3.05) is 5.01 Å². The van der Waals surface area contributed by atoms with Crippen LogP contribution in [0.1, 0.15) is 26.2 Å². The fourth-order valence-corrected chi connectivity index (χ4v) is 4.60. The molecule has 0 aromatic heterocycles. The van der Waals surface area contributed by atoms with E-state index in [0.29, 0.717) is 0 Å². The van der Waals surface area contributed by atoms with Gasteiger partial charge in [0.25, 0.3) is 0 Å².